The number of ether oxygens (including phenoxy) is 3. The average molecular weight is 557 g/mol. The normalized spacial score (nSPS) is 13.4. The van der Waals surface area contributed by atoms with Gasteiger partial charge in [-0.15, -0.1) is 0 Å². The number of hydrogen-bond acceptors (Lipinski definition) is 10. The highest BCUT2D eigenvalue weighted by Gasteiger charge is 2.38. The first-order chi connectivity index (χ1) is 17.5. The number of rotatable bonds is 13. The van der Waals surface area contributed by atoms with Gasteiger partial charge in [0.2, 0.25) is 5.95 Å². The smallest absolute Gasteiger partial charge is 0.326 e. The van der Waals surface area contributed by atoms with Crippen LogP contribution in [0.25, 0.3) is 11.2 Å². The quantitative estimate of drug-likeness (QED) is 0.160. The van der Waals surface area contributed by atoms with Crippen LogP contribution in [0.5, 0.6) is 5.75 Å². The van der Waals surface area contributed by atoms with E-state index < -0.39 is 24.6 Å². The highest BCUT2D eigenvalue weighted by molar-refractivity contribution is 7.56. The fraction of sp³-hybridized carbons (Fsp3) is 0.455. The van der Waals surface area contributed by atoms with Crippen LogP contribution in [0, 0.1) is 0 Å². The Morgan fingerprint density at radius 2 is 2.11 bits per heavy atom. The zero-order valence-electron chi connectivity index (χ0n) is 20.9. The Morgan fingerprint density at radius 3 is 2.78 bits per heavy atom. The molecule has 0 amide bonds. The lowest BCUT2D eigenvalue weighted by Crippen LogP contribution is -2.46. The number of carbonyl (C=O) groups excluding carboxylic acids is 1. The Hall–Kier alpha value is -2.96. The van der Waals surface area contributed by atoms with E-state index in [1.165, 1.54) is 27.3 Å². The number of carbonyl (C=O) groups is 1. The van der Waals surface area contributed by atoms with E-state index in [-0.39, 0.29) is 44.2 Å². The van der Waals surface area contributed by atoms with Crippen LogP contribution in [-0.2, 0) is 36.5 Å². The van der Waals surface area contributed by atoms with E-state index in [0.717, 1.165) is 0 Å². The standard InChI is InChI=1S/C22H30ClN6O7P/c1-5-35-20(31)22(2,3)28-37(32,36-11-14-6-7-16(33-4)15(23)10-14)13-34-9-8-29-12-25-17-18(29)26-21(24)27-19(17)30/h6-7,10,12H,5,8-9,11,13H2,1-4H3,(H,28,32)(H3,24,26,27,30). The number of hydrogen-bond donors (Lipinski definition) is 3. The first kappa shape index (κ1) is 28.6. The molecule has 15 heteroatoms. The van der Waals surface area contributed by atoms with Gasteiger partial charge in [-0.2, -0.15) is 4.98 Å². The third kappa shape index (κ3) is 7.30. The van der Waals surface area contributed by atoms with Crippen LogP contribution >= 0.6 is 19.1 Å². The van der Waals surface area contributed by atoms with Crippen LogP contribution in [0.1, 0.15) is 26.3 Å². The van der Waals surface area contributed by atoms with Crippen molar-refractivity contribution in [3.8, 4) is 5.75 Å². The van der Waals surface area contributed by atoms with Gasteiger partial charge < -0.3 is 29.0 Å². The van der Waals surface area contributed by atoms with E-state index >= 15 is 0 Å². The lowest BCUT2D eigenvalue weighted by atomic mass is 10.1. The SMILES string of the molecule is CCOC(=O)C(C)(C)NP(=O)(COCCn1cnc2c(=O)[nH]c(N)nc21)OCc1ccc(OC)c(Cl)c1. The van der Waals surface area contributed by atoms with Crippen LogP contribution < -0.4 is 21.1 Å². The molecule has 3 aromatic rings. The molecule has 1 unspecified atom stereocenters. The number of halogens is 1. The van der Waals surface area contributed by atoms with E-state index in [0.29, 0.717) is 22.0 Å². The number of imidazole rings is 1. The van der Waals surface area contributed by atoms with Gasteiger partial charge in [-0.1, -0.05) is 17.7 Å². The van der Waals surface area contributed by atoms with Gasteiger partial charge >= 0.3 is 5.97 Å². The number of benzene rings is 1. The van der Waals surface area contributed by atoms with Crippen molar-refractivity contribution in [1.29, 1.82) is 0 Å². The third-order valence-corrected chi connectivity index (χ3v) is 7.39. The summed E-state index contributed by atoms with van der Waals surface area (Å²) in [7, 11) is -2.25. The van der Waals surface area contributed by atoms with Crippen molar-refractivity contribution in [3.63, 3.8) is 0 Å². The summed E-state index contributed by atoms with van der Waals surface area (Å²) < 4.78 is 37.0. The zero-order valence-corrected chi connectivity index (χ0v) is 22.6. The lowest BCUT2D eigenvalue weighted by Gasteiger charge is -2.29. The molecule has 0 aliphatic rings. The van der Waals surface area contributed by atoms with E-state index in [2.05, 4.69) is 20.0 Å². The number of aromatic amines is 1. The maximum atomic E-state index is 13.8. The highest BCUT2D eigenvalue weighted by atomic mass is 35.5. The number of nitrogens with one attached hydrogen (secondary N) is 2. The predicted molar refractivity (Wildman–Crippen MR) is 138 cm³/mol. The third-order valence-electron chi connectivity index (χ3n) is 5.12. The molecule has 2 aromatic heterocycles. The Bertz CT molecular complexity index is 1360. The maximum Gasteiger partial charge on any atom is 0.326 e. The van der Waals surface area contributed by atoms with Crippen molar-refractivity contribution < 1.29 is 28.1 Å². The van der Waals surface area contributed by atoms with Crippen molar-refractivity contribution in [2.75, 3.05) is 32.4 Å². The molecule has 0 fully saturated rings. The summed E-state index contributed by atoms with van der Waals surface area (Å²) in [6.07, 6.45) is 1.07. The van der Waals surface area contributed by atoms with Gasteiger partial charge in [0, 0.05) is 6.54 Å². The molecule has 4 N–H and O–H groups in total. The molecule has 1 aromatic carbocycles. The minimum atomic E-state index is -3.75. The summed E-state index contributed by atoms with van der Waals surface area (Å²) in [6, 6.07) is 5.02. The number of H-pyrrole nitrogens is 1. The molecule has 0 aliphatic heterocycles. The van der Waals surface area contributed by atoms with Gasteiger partial charge in [0.15, 0.2) is 11.2 Å². The Kier molecular flexibility index (Phi) is 9.32. The molecule has 0 saturated carbocycles. The zero-order chi connectivity index (χ0) is 27.2. The average Bonchev–Trinajstić information content (AvgIpc) is 3.23. The molecule has 37 heavy (non-hydrogen) atoms. The Morgan fingerprint density at radius 1 is 1.35 bits per heavy atom. The van der Waals surface area contributed by atoms with Gasteiger partial charge in [0.05, 0.1) is 38.3 Å². The molecule has 0 radical (unpaired) electrons. The number of nitrogens with zero attached hydrogens (tertiary/aromatic N) is 3. The summed E-state index contributed by atoms with van der Waals surface area (Å²) in [6.45, 7) is 5.15. The number of esters is 1. The minimum Gasteiger partial charge on any atom is -0.495 e. The molecular weight excluding hydrogens is 527 g/mol. The summed E-state index contributed by atoms with van der Waals surface area (Å²) in [5.41, 5.74) is 4.92. The van der Waals surface area contributed by atoms with E-state index in [1.54, 1.807) is 29.7 Å². The first-order valence-corrected chi connectivity index (χ1v) is 13.5. The van der Waals surface area contributed by atoms with Gasteiger partial charge in [-0.05, 0) is 38.5 Å². The molecular formula is C22H30ClN6O7P. The molecule has 13 nitrogen and oxygen atoms in total. The maximum absolute atomic E-state index is 13.8. The summed E-state index contributed by atoms with van der Waals surface area (Å²) >= 11 is 6.18. The van der Waals surface area contributed by atoms with Gasteiger partial charge in [0.1, 0.15) is 17.6 Å². The number of nitrogens with two attached hydrogens (primary N) is 1. The molecule has 0 saturated heterocycles. The number of anilines is 1. The number of nitrogen functional groups attached to an aromatic ring is 1. The van der Waals surface area contributed by atoms with Crippen LogP contribution in [-0.4, -0.2) is 57.7 Å². The molecule has 0 aliphatic carbocycles. The fourth-order valence-electron chi connectivity index (χ4n) is 3.35. The molecule has 2 heterocycles. The number of methoxy groups -OCH3 is 1. The van der Waals surface area contributed by atoms with Crippen LogP contribution in [0.4, 0.5) is 5.95 Å². The topological polar surface area (TPSA) is 173 Å². The van der Waals surface area contributed by atoms with Gasteiger partial charge in [0.25, 0.3) is 13.1 Å². The second-order valence-electron chi connectivity index (χ2n) is 8.47. The van der Waals surface area contributed by atoms with Crippen molar-refractivity contribution in [1.82, 2.24) is 24.6 Å². The second-order valence-corrected chi connectivity index (χ2v) is 11.0. The molecule has 3 rings (SSSR count). The van der Waals surface area contributed by atoms with E-state index in [4.69, 9.17) is 36.1 Å². The van der Waals surface area contributed by atoms with Crippen LogP contribution in [0.15, 0.2) is 29.3 Å². The summed E-state index contributed by atoms with van der Waals surface area (Å²) in [4.78, 5) is 34.9. The van der Waals surface area contributed by atoms with Gasteiger partial charge in [-0.25, -0.2) is 10.1 Å². The largest absolute Gasteiger partial charge is 0.495 e. The van der Waals surface area contributed by atoms with E-state index in [9.17, 15) is 14.2 Å². The Labute approximate surface area is 218 Å². The van der Waals surface area contributed by atoms with Crippen molar-refractivity contribution in [3.05, 3.63) is 45.5 Å². The Balaban J connectivity index is 1.71. The number of fused-ring (bicyclic) bond motifs is 1. The van der Waals surface area contributed by atoms with Crippen molar-refractivity contribution in [2.24, 2.45) is 0 Å². The molecule has 202 valence electrons. The molecule has 0 spiro atoms. The molecule has 0 bridgehead atoms. The van der Waals surface area contributed by atoms with Gasteiger partial charge in [-0.3, -0.25) is 19.1 Å². The molecule has 1 atom stereocenters. The monoisotopic (exact) mass is 556 g/mol. The van der Waals surface area contributed by atoms with Crippen LogP contribution in [0.2, 0.25) is 5.02 Å². The number of aromatic nitrogens is 4. The highest BCUT2D eigenvalue weighted by Crippen LogP contribution is 2.46. The lowest BCUT2D eigenvalue weighted by molar-refractivity contribution is -0.149. The van der Waals surface area contributed by atoms with Crippen LogP contribution in [0.3, 0.4) is 0 Å². The fourth-order valence-corrected chi connectivity index (χ4v) is 5.50. The summed E-state index contributed by atoms with van der Waals surface area (Å²) in [5.74, 6) is -0.143. The van der Waals surface area contributed by atoms with E-state index in [1.807, 2.05) is 0 Å². The van der Waals surface area contributed by atoms with Crippen molar-refractivity contribution in [2.45, 2.75) is 39.5 Å². The van der Waals surface area contributed by atoms with Crippen molar-refractivity contribution >= 4 is 42.2 Å². The minimum absolute atomic E-state index is 0.0397. The first-order valence-electron chi connectivity index (χ1n) is 11.3. The second kappa shape index (κ2) is 12.1. The predicted octanol–water partition coefficient (Wildman–Crippen LogP) is 2.68. The summed E-state index contributed by atoms with van der Waals surface area (Å²) in [5, 5.41) is 3.15.